The Labute approximate surface area is 174 Å². The zero-order chi connectivity index (χ0) is 22.4. The average molecular weight is 424 g/mol. The van der Waals surface area contributed by atoms with Crippen LogP contribution < -0.4 is 10.9 Å². The van der Waals surface area contributed by atoms with Gasteiger partial charge in [-0.1, -0.05) is 0 Å². The molecule has 31 heavy (non-hydrogen) atoms. The average Bonchev–Trinajstić information content (AvgIpc) is 3.23. The highest BCUT2D eigenvalue weighted by Crippen LogP contribution is 2.24. The Bertz CT molecular complexity index is 1100. The van der Waals surface area contributed by atoms with Gasteiger partial charge in [-0.2, -0.15) is 10.2 Å². The van der Waals surface area contributed by atoms with E-state index in [2.05, 4.69) is 31.0 Å². The third kappa shape index (κ3) is 5.14. The number of carbonyl (C=O) groups is 2. The Kier molecular flexibility index (Phi) is 6.11. The van der Waals surface area contributed by atoms with E-state index >= 15 is 0 Å². The number of imidazole rings is 1. The van der Waals surface area contributed by atoms with Crippen LogP contribution in [0.25, 0.3) is 0 Å². The van der Waals surface area contributed by atoms with Crippen molar-refractivity contribution in [2.75, 3.05) is 0 Å². The van der Waals surface area contributed by atoms with Crippen molar-refractivity contribution >= 4 is 24.2 Å². The summed E-state index contributed by atoms with van der Waals surface area (Å²) >= 11 is 0. The number of hydrogen-bond donors (Lipinski definition) is 7. The quantitative estimate of drug-likeness (QED) is 0.172. The van der Waals surface area contributed by atoms with Crippen molar-refractivity contribution in [3.8, 4) is 23.0 Å². The van der Waals surface area contributed by atoms with E-state index in [9.17, 15) is 30.0 Å². The molecule has 0 unspecified atom stereocenters. The molecule has 0 saturated heterocycles. The minimum Gasteiger partial charge on any atom is -0.504 e. The summed E-state index contributed by atoms with van der Waals surface area (Å²) in [6.45, 7) is 0. The van der Waals surface area contributed by atoms with E-state index in [1.807, 2.05) is 0 Å². The van der Waals surface area contributed by atoms with Crippen molar-refractivity contribution in [1.29, 1.82) is 0 Å². The second kappa shape index (κ2) is 9.09. The number of amides is 2. The summed E-state index contributed by atoms with van der Waals surface area (Å²) in [5.41, 5.74) is 4.81. The summed E-state index contributed by atoms with van der Waals surface area (Å²) < 4.78 is 0. The first-order chi connectivity index (χ1) is 14.8. The first kappa shape index (κ1) is 20.9. The van der Waals surface area contributed by atoms with E-state index in [1.165, 1.54) is 48.8 Å². The lowest BCUT2D eigenvalue weighted by Crippen LogP contribution is -2.25. The number of phenols is 4. The minimum atomic E-state index is -0.780. The minimum absolute atomic E-state index is 0.166. The van der Waals surface area contributed by atoms with Gasteiger partial charge in [-0.05, 0) is 47.5 Å². The largest absolute Gasteiger partial charge is 0.504 e. The van der Waals surface area contributed by atoms with E-state index in [0.29, 0.717) is 11.1 Å². The molecule has 0 radical (unpaired) electrons. The number of nitrogens with one attached hydrogen (secondary N) is 3. The van der Waals surface area contributed by atoms with Gasteiger partial charge in [-0.3, -0.25) is 9.59 Å². The van der Waals surface area contributed by atoms with Crippen LogP contribution >= 0.6 is 0 Å². The van der Waals surface area contributed by atoms with Crippen molar-refractivity contribution in [3.63, 3.8) is 0 Å². The molecule has 0 saturated carbocycles. The molecule has 2 aromatic carbocycles. The standard InChI is InChI=1S/C19H16N6O6/c26-12-3-1-10(5-14(12)28)7-22-24-18(30)16-17(21-9-20-16)19(31)25-23-8-11-2-4-13(27)15(29)6-11/h1-9,26-29H,(H,20,21)(H,24,30)(H,25,31). The van der Waals surface area contributed by atoms with Crippen molar-refractivity contribution in [2.45, 2.75) is 0 Å². The predicted molar refractivity (Wildman–Crippen MR) is 108 cm³/mol. The van der Waals surface area contributed by atoms with Gasteiger partial charge < -0.3 is 25.4 Å². The molecule has 158 valence electrons. The molecule has 12 nitrogen and oxygen atoms in total. The molecular formula is C19H16N6O6. The van der Waals surface area contributed by atoms with Crippen LogP contribution in [0.15, 0.2) is 52.9 Å². The predicted octanol–water partition coefficient (Wildman–Crippen LogP) is 0.760. The SMILES string of the molecule is O=C(NN=Cc1ccc(O)c(O)c1)c1nc[nH]c1C(=O)NN=Cc1ccc(O)c(O)c1. The zero-order valence-corrected chi connectivity index (χ0v) is 15.6. The number of phenolic OH excluding ortho intramolecular Hbond substituents is 4. The molecule has 12 heteroatoms. The van der Waals surface area contributed by atoms with Gasteiger partial charge in [0.1, 0.15) is 5.69 Å². The van der Waals surface area contributed by atoms with Gasteiger partial charge in [0.15, 0.2) is 28.7 Å². The summed E-state index contributed by atoms with van der Waals surface area (Å²) in [6.07, 6.45) is 3.60. The lowest BCUT2D eigenvalue weighted by Gasteiger charge is -2.02. The number of hydrogen-bond acceptors (Lipinski definition) is 9. The molecule has 3 rings (SSSR count). The van der Waals surface area contributed by atoms with Gasteiger partial charge in [0.25, 0.3) is 11.8 Å². The molecule has 0 aliphatic heterocycles. The monoisotopic (exact) mass is 424 g/mol. The summed E-state index contributed by atoms with van der Waals surface area (Å²) in [6, 6.07) is 7.93. The summed E-state index contributed by atoms with van der Waals surface area (Å²) in [5.74, 6) is -2.81. The Morgan fingerprint density at radius 1 is 0.806 bits per heavy atom. The van der Waals surface area contributed by atoms with Crippen LogP contribution in [0, 0.1) is 0 Å². The second-order valence-corrected chi connectivity index (χ2v) is 6.02. The van der Waals surface area contributed by atoms with Crippen LogP contribution in [0.1, 0.15) is 32.1 Å². The highest BCUT2D eigenvalue weighted by Gasteiger charge is 2.19. The topological polar surface area (TPSA) is 193 Å². The highest BCUT2D eigenvalue weighted by molar-refractivity contribution is 6.05. The fraction of sp³-hybridized carbons (Fsp3) is 0. The Balaban J connectivity index is 1.62. The van der Waals surface area contributed by atoms with Crippen LogP contribution in [0.4, 0.5) is 0 Å². The fourth-order valence-corrected chi connectivity index (χ4v) is 2.32. The number of nitrogens with zero attached hydrogens (tertiary/aromatic N) is 3. The summed E-state index contributed by atoms with van der Waals surface area (Å²) in [5, 5.41) is 44.8. The summed E-state index contributed by atoms with van der Waals surface area (Å²) in [7, 11) is 0. The third-order valence-electron chi connectivity index (χ3n) is 3.84. The molecule has 0 spiro atoms. The van der Waals surface area contributed by atoms with E-state index in [0.717, 1.165) is 6.33 Å². The van der Waals surface area contributed by atoms with Crippen LogP contribution in [0.2, 0.25) is 0 Å². The van der Waals surface area contributed by atoms with E-state index in [1.54, 1.807) is 0 Å². The molecule has 0 aliphatic rings. The van der Waals surface area contributed by atoms with Gasteiger partial charge in [0.2, 0.25) is 0 Å². The molecule has 2 amide bonds. The maximum Gasteiger partial charge on any atom is 0.292 e. The van der Waals surface area contributed by atoms with Gasteiger partial charge >= 0.3 is 0 Å². The molecule has 1 aromatic heterocycles. The van der Waals surface area contributed by atoms with Crippen molar-refractivity contribution in [3.05, 3.63) is 65.2 Å². The first-order valence-electron chi connectivity index (χ1n) is 8.59. The van der Waals surface area contributed by atoms with Crippen molar-refractivity contribution in [1.82, 2.24) is 20.8 Å². The van der Waals surface area contributed by atoms with E-state index in [-0.39, 0.29) is 34.4 Å². The normalized spacial score (nSPS) is 11.1. The number of rotatable bonds is 6. The third-order valence-corrected chi connectivity index (χ3v) is 3.84. The maximum absolute atomic E-state index is 12.3. The van der Waals surface area contributed by atoms with Crippen LogP contribution in [-0.4, -0.2) is 54.6 Å². The lowest BCUT2D eigenvalue weighted by atomic mass is 10.2. The van der Waals surface area contributed by atoms with Gasteiger partial charge in [0, 0.05) is 0 Å². The van der Waals surface area contributed by atoms with Crippen molar-refractivity contribution < 1.29 is 30.0 Å². The summed E-state index contributed by atoms with van der Waals surface area (Å²) in [4.78, 5) is 30.8. The van der Waals surface area contributed by atoms with Crippen molar-refractivity contribution in [2.24, 2.45) is 10.2 Å². The number of H-pyrrole nitrogens is 1. The lowest BCUT2D eigenvalue weighted by molar-refractivity contribution is 0.0915. The molecule has 1 heterocycles. The Morgan fingerprint density at radius 2 is 1.32 bits per heavy atom. The molecule has 7 N–H and O–H groups in total. The molecule has 0 bridgehead atoms. The number of benzene rings is 2. The molecule has 0 fully saturated rings. The van der Waals surface area contributed by atoms with Gasteiger partial charge in [-0.25, -0.2) is 15.8 Å². The molecule has 0 atom stereocenters. The first-order valence-corrected chi connectivity index (χ1v) is 8.59. The highest BCUT2D eigenvalue weighted by atomic mass is 16.3. The zero-order valence-electron chi connectivity index (χ0n) is 15.6. The van der Waals surface area contributed by atoms with E-state index in [4.69, 9.17) is 0 Å². The molecule has 3 aromatic rings. The second-order valence-electron chi connectivity index (χ2n) is 6.02. The number of hydrazone groups is 2. The van der Waals surface area contributed by atoms with Gasteiger partial charge in [0.05, 0.1) is 18.8 Å². The smallest absolute Gasteiger partial charge is 0.292 e. The number of aromatic nitrogens is 2. The van der Waals surface area contributed by atoms with Crippen LogP contribution in [-0.2, 0) is 0 Å². The van der Waals surface area contributed by atoms with E-state index < -0.39 is 11.8 Å². The Morgan fingerprint density at radius 3 is 1.84 bits per heavy atom. The fourth-order valence-electron chi connectivity index (χ4n) is 2.32. The van der Waals surface area contributed by atoms with Crippen LogP contribution in [0.5, 0.6) is 23.0 Å². The maximum atomic E-state index is 12.3. The number of aromatic amines is 1. The molecule has 0 aliphatic carbocycles. The molecular weight excluding hydrogens is 408 g/mol. The number of carbonyl (C=O) groups excluding carboxylic acids is 2. The van der Waals surface area contributed by atoms with Crippen LogP contribution in [0.3, 0.4) is 0 Å². The Hall–Kier alpha value is -4.87. The number of aromatic hydroxyl groups is 4. The van der Waals surface area contributed by atoms with Gasteiger partial charge in [-0.15, -0.1) is 0 Å².